The Labute approximate surface area is 130 Å². The summed E-state index contributed by atoms with van der Waals surface area (Å²) in [4.78, 5) is 12.9. The minimum Gasteiger partial charge on any atom is -0.484 e. The van der Waals surface area contributed by atoms with Gasteiger partial charge in [-0.1, -0.05) is 22.0 Å². The van der Waals surface area contributed by atoms with E-state index in [1.807, 2.05) is 54.8 Å². The van der Waals surface area contributed by atoms with Crippen molar-refractivity contribution in [3.05, 3.63) is 53.0 Å². The lowest BCUT2D eigenvalue weighted by molar-refractivity contribution is -0.118. The van der Waals surface area contributed by atoms with Crippen molar-refractivity contribution in [1.29, 1.82) is 0 Å². The normalized spacial score (nSPS) is 10.1. The number of thioether (sulfide) groups is 1. The van der Waals surface area contributed by atoms with Gasteiger partial charge in [-0.3, -0.25) is 4.79 Å². The largest absolute Gasteiger partial charge is 0.484 e. The van der Waals surface area contributed by atoms with E-state index in [0.717, 1.165) is 15.1 Å². The summed E-state index contributed by atoms with van der Waals surface area (Å²) >= 11 is 4.98. The molecule has 2 aromatic carbocycles. The van der Waals surface area contributed by atoms with E-state index >= 15 is 0 Å². The maximum atomic E-state index is 11.8. The van der Waals surface area contributed by atoms with Gasteiger partial charge in [0.05, 0.1) is 0 Å². The Morgan fingerprint density at radius 2 is 2.00 bits per heavy atom. The number of hydrogen-bond acceptors (Lipinski definition) is 3. The highest BCUT2D eigenvalue weighted by Gasteiger charge is 2.04. The second-order valence-corrected chi connectivity index (χ2v) is 5.82. The molecule has 0 aliphatic rings. The number of rotatable bonds is 5. The van der Waals surface area contributed by atoms with Gasteiger partial charge in [-0.15, -0.1) is 11.8 Å². The molecule has 1 N–H and O–H groups in total. The maximum Gasteiger partial charge on any atom is 0.262 e. The molecular formula is C15H14BrNO2S. The first-order valence-corrected chi connectivity index (χ1v) is 8.01. The zero-order valence-electron chi connectivity index (χ0n) is 10.9. The van der Waals surface area contributed by atoms with Gasteiger partial charge in [0.15, 0.2) is 6.61 Å². The minimum absolute atomic E-state index is 0.00880. The Balaban J connectivity index is 1.87. The third kappa shape index (κ3) is 4.58. The van der Waals surface area contributed by atoms with Crippen LogP contribution in [0.1, 0.15) is 0 Å². The van der Waals surface area contributed by atoms with E-state index in [0.29, 0.717) is 5.75 Å². The fraction of sp³-hybridized carbons (Fsp3) is 0.133. The molecule has 0 radical (unpaired) electrons. The number of amides is 1. The Morgan fingerprint density at radius 1 is 1.25 bits per heavy atom. The molecule has 0 fully saturated rings. The molecule has 0 bridgehead atoms. The van der Waals surface area contributed by atoms with Crippen LogP contribution in [0.3, 0.4) is 0 Å². The summed E-state index contributed by atoms with van der Waals surface area (Å²) in [6, 6.07) is 15.1. The smallest absolute Gasteiger partial charge is 0.262 e. The summed E-state index contributed by atoms with van der Waals surface area (Å²) < 4.78 is 6.39. The van der Waals surface area contributed by atoms with E-state index in [1.54, 1.807) is 11.8 Å². The van der Waals surface area contributed by atoms with E-state index in [1.165, 1.54) is 0 Å². The lowest BCUT2D eigenvalue weighted by Crippen LogP contribution is -2.20. The van der Waals surface area contributed by atoms with Crippen LogP contribution in [0.4, 0.5) is 5.69 Å². The third-order valence-corrected chi connectivity index (χ3v) is 3.79. The Morgan fingerprint density at radius 3 is 2.70 bits per heavy atom. The second kappa shape index (κ2) is 7.36. The first-order chi connectivity index (χ1) is 9.67. The Kier molecular flexibility index (Phi) is 5.49. The summed E-state index contributed by atoms with van der Waals surface area (Å²) in [5.41, 5.74) is 0.779. The molecule has 2 rings (SSSR count). The molecule has 1 amide bonds. The maximum absolute atomic E-state index is 11.8. The SMILES string of the molecule is CSc1cccc(NC(=O)COc2ccc(Br)cc2)c1. The number of carbonyl (C=O) groups excluding carboxylic acids is 1. The summed E-state index contributed by atoms with van der Waals surface area (Å²) in [6.07, 6.45) is 2.00. The molecule has 3 nitrogen and oxygen atoms in total. The van der Waals surface area contributed by atoms with Crippen LogP contribution in [0.15, 0.2) is 57.9 Å². The van der Waals surface area contributed by atoms with Crippen molar-refractivity contribution in [1.82, 2.24) is 0 Å². The van der Waals surface area contributed by atoms with Crippen LogP contribution in [0.25, 0.3) is 0 Å². The number of benzene rings is 2. The van der Waals surface area contributed by atoms with Crippen molar-refractivity contribution < 1.29 is 9.53 Å². The minimum atomic E-state index is -0.175. The molecule has 0 aliphatic heterocycles. The molecule has 104 valence electrons. The van der Waals surface area contributed by atoms with Crippen molar-refractivity contribution in [2.24, 2.45) is 0 Å². The van der Waals surface area contributed by atoms with E-state index in [9.17, 15) is 4.79 Å². The van der Waals surface area contributed by atoms with Crippen LogP contribution < -0.4 is 10.1 Å². The van der Waals surface area contributed by atoms with Gasteiger partial charge in [0.25, 0.3) is 5.91 Å². The predicted octanol–water partition coefficient (Wildman–Crippen LogP) is 4.19. The number of ether oxygens (including phenoxy) is 1. The number of anilines is 1. The zero-order valence-corrected chi connectivity index (χ0v) is 13.3. The van der Waals surface area contributed by atoms with E-state index in [2.05, 4.69) is 21.2 Å². The molecule has 2 aromatic rings. The predicted molar refractivity (Wildman–Crippen MR) is 86.5 cm³/mol. The molecule has 0 aromatic heterocycles. The number of carbonyl (C=O) groups is 1. The van der Waals surface area contributed by atoms with Crippen molar-refractivity contribution >= 4 is 39.3 Å². The van der Waals surface area contributed by atoms with Crippen molar-refractivity contribution in [2.75, 3.05) is 18.2 Å². The first kappa shape index (κ1) is 14.9. The first-order valence-electron chi connectivity index (χ1n) is 5.99. The van der Waals surface area contributed by atoms with Crippen LogP contribution in [0.5, 0.6) is 5.75 Å². The number of halogens is 1. The second-order valence-electron chi connectivity index (χ2n) is 4.02. The average Bonchev–Trinajstić information content (AvgIpc) is 2.47. The Bertz CT molecular complexity index is 587. The molecule has 0 unspecified atom stereocenters. The van der Waals surface area contributed by atoms with E-state index in [4.69, 9.17) is 4.74 Å². The highest BCUT2D eigenvalue weighted by Crippen LogP contribution is 2.19. The lowest BCUT2D eigenvalue weighted by atomic mass is 10.3. The quantitative estimate of drug-likeness (QED) is 0.820. The molecule has 0 aliphatic carbocycles. The van der Waals surface area contributed by atoms with Crippen molar-refractivity contribution in [3.8, 4) is 5.75 Å². The standard InChI is InChI=1S/C15H14BrNO2S/c1-20-14-4-2-3-12(9-14)17-15(18)10-19-13-7-5-11(16)6-8-13/h2-9H,10H2,1H3,(H,17,18). The molecule has 0 atom stereocenters. The van der Waals surface area contributed by atoms with Gasteiger partial charge in [-0.25, -0.2) is 0 Å². The molecule has 20 heavy (non-hydrogen) atoms. The summed E-state index contributed by atoms with van der Waals surface area (Å²) in [6.45, 7) is -0.00880. The lowest BCUT2D eigenvalue weighted by Gasteiger charge is -2.08. The van der Waals surface area contributed by atoms with Crippen LogP contribution in [-0.4, -0.2) is 18.8 Å². The highest BCUT2D eigenvalue weighted by atomic mass is 79.9. The fourth-order valence-corrected chi connectivity index (χ4v) is 2.30. The van der Waals surface area contributed by atoms with Gasteiger partial charge in [0, 0.05) is 15.1 Å². The van der Waals surface area contributed by atoms with Crippen molar-refractivity contribution in [2.45, 2.75) is 4.90 Å². The molecule has 5 heteroatoms. The van der Waals surface area contributed by atoms with Crippen LogP contribution in [-0.2, 0) is 4.79 Å². The summed E-state index contributed by atoms with van der Waals surface area (Å²) in [5, 5.41) is 2.81. The highest BCUT2D eigenvalue weighted by molar-refractivity contribution is 9.10. The summed E-state index contributed by atoms with van der Waals surface area (Å²) in [5.74, 6) is 0.493. The monoisotopic (exact) mass is 351 g/mol. The van der Waals surface area contributed by atoms with Gasteiger partial charge < -0.3 is 10.1 Å². The van der Waals surface area contributed by atoms with E-state index in [-0.39, 0.29) is 12.5 Å². The van der Waals surface area contributed by atoms with Gasteiger partial charge in [0.2, 0.25) is 0 Å². The van der Waals surface area contributed by atoms with E-state index < -0.39 is 0 Å². The van der Waals surface area contributed by atoms with Crippen molar-refractivity contribution in [3.63, 3.8) is 0 Å². The topological polar surface area (TPSA) is 38.3 Å². The average molecular weight is 352 g/mol. The van der Waals surface area contributed by atoms with Gasteiger partial charge in [0.1, 0.15) is 5.75 Å². The molecule has 0 spiro atoms. The molecular weight excluding hydrogens is 338 g/mol. The van der Waals surface area contributed by atoms with Gasteiger partial charge >= 0.3 is 0 Å². The molecule has 0 saturated heterocycles. The molecule has 0 heterocycles. The van der Waals surface area contributed by atoms with Gasteiger partial charge in [-0.2, -0.15) is 0 Å². The van der Waals surface area contributed by atoms with Gasteiger partial charge in [-0.05, 0) is 48.7 Å². The zero-order chi connectivity index (χ0) is 14.4. The van der Waals surface area contributed by atoms with Crippen LogP contribution in [0, 0.1) is 0 Å². The van der Waals surface area contributed by atoms with Crippen LogP contribution in [0.2, 0.25) is 0 Å². The number of hydrogen-bond donors (Lipinski definition) is 1. The number of nitrogens with one attached hydrogen (secondary N) is 1. The fourth-order valence-electron chi connectivity index (χ4n) is 1.58. The Hall–Kier alpha value is -1.46. The summed E-state index contributed by atoms with van der Waals surface area (Å²) in [7, 11) is 0. The third-order valence-electron chi connectivity index (χ3n) is 2.54. The molecule has 0 saturated carbocycles. The van der Waals surface area contributed by atoms with Crippen LogP contribution >= 0.6 is 27.7 Å².